The summed E-state index contributed by atoms with van der Waals surface area (Å²) in [6, 6.07) is 0.870. The van der Waals surface area contributed by atoms with Crippen LogP contribution in [0.1, 0.15) is 28.2 Å². The molecule has 0 spiro atoms. The highest BCUT2D eigenvalue weighted by Gasteiger charge is 2.37. The number of ether oxygens (including phenoxy) is 1. The van der Waals surface area contributed by atoms with Gasteiger partial charge in [0.2, 0.25) is 0 Å². The quantitative estimate of drug-likeness (QED) is 0.280. The van der Waals surface area contributed by atoms with Crippen LogP contribution in [0.2, 0.25) is 0 Å². The Kier molecular flexibility index (Phi) is 2.35. The Hall–Kier alpha value is -1.62. The molecule has 6 heteroatoms. The van der Waals surface area contributed by atoms with Crippen LogP contribution in [-0.2, 0) is 4.74 Å². The first-order chi connectivity index (χ1) is 7.43. The molecule has 1 aromatic rings. The number of cyclic esters (lactones) is 1. The molecule has 1 heterocycles. The van der Waals surface area contributed by atoms with E-state index >= 15 is 0 Å². The minimum Gasteiger partial charge on any atom is -0.507 e. The number of aromatic hydroxyl groups is 3. The number of benzene rings is 1. The summed E-state index contributed by atoms with van der Waals surface area (Å²) < 4.78 is 4.88. The first-order valence-electron chi connectivity index (χ1n) is 4.56. The lowest BCUT2D eigenvalue weighted by Gasteiger charge is -2.27. The van der Waals surface area contributed by atoms with Crippen molar-refractivity contribution < 1.29 is 24.9 Å². The number of carbonyl (C=O) groups is 1. The Morgan fingerprint density at radius 1 is 1.31 bits per heavy atom. The maximum absolute atomic E-state index is 11.5. The predicted molar refractivity (Wildman–Crippen MR) is 54.9 cm³/mol. The van der Waals surface area contributed by atoms with E-state index in [0.29, 0.717) is 0 Å². The Bertz CT molecular complexity index is 471. The van der Waals surface area contributed by atoms with Gasteiger partial charge in [-0.05, 0) is 6.92 Å². The highest BCUT2D eigenvalue weighted by molar-refractivity contribution is 6.23. The molecule has 0 aliphatic carbocycles. The highest BCUT2D eigenvalue weighted by Crippen LogP contribution is 2.47. The molecule has 0 saturated carbocycles. The molecule has 0 amide bonds. The molecule has 0 aromatic heterocycles. The average molecular weight is 245 g/mol. The summed E-state index contributed by atoms with van der Waals surface area (Å²) in [6.45, 7) is 1.55. The molecule has 3 N–H and O–H groups in total. The normalized spacial score (nSPS) is 23.8. The number of halogens is 1. The molecule has 0 saturated heterocycles. The van der Waals surface area contributed by atoms with Crippen molar-refractivity contribution in [1.82, 2.24) is 0 Å². The lowest BCUT2D eigenvalue weighted by atomic mass is 9.96. The molecule has 2 atom stereocenters. The largest absolute Gasteiger partial charge is 0.507 e. The molecule has 16 heavy (non-hydrogen) atoms. The zero-order valence-electron chi connectivity index (χ0n) is 8.27. The van der Waals surface area contributed by atoms with Crippen LogP contribution in [0.15, 0.2) is 6.07 Å². The van der Waals surface area contributed by atoms with Gasteiger partial charge in [0.05, 0.1) is 5.38 Å². The van der Waals surface area contributed by atoms with Crippen LogP contribution < -0.4 is 0 Å². The van der Waals surface area contributed by atoms with Crippen molar-refractivity contribution in [3.63, 3.8) is 0 Å². The number of alkyl halides is 1. The molecule has 2 unspecified atom stereocenters. The summed E-state index contributed by atoms with van der Waals surface area (Å²) in [7, 11) is 0. The molecule has 1 aliphatic rings. The summed E-state index contributed by atoms with van der Waals surface area (Å²) in [5, 5.41) is 27.6. The number of phenols is 3. The van der Waals surface area contributed by atoms with Crippen LogP contribution in [-0.4, -0.2) is 27.4 Å². The number of fused-ring (bicyclic) bond motifs is 1. The maximum Gasteiger partial charge on any atom is 0.342 e. The molecule has 5 nitrogen and oxygen atoms in total. The van der Waals surface area contributed by atoms with Crippen molar-refractivity contribution in [3.8, 4) is 17.2 Å². The van der Waals surface area contributed by atoms with Gasteiger partial charge in [-0.1, -0.05) is 0 Å². The maximum atomic E-state index is 11.5. The third-order valence-corrected chi connectivity index (χ3v) is 3.05. The van der Waals surface area contributed by atoms with Crippen molar-refractivity contribution in [1.29, 1.82) is 0 Å². The van der Waals surface area contributed by atoms with Crippen LogP contribution in [0.5, 0.6) is 17.2 Å². The number of esters is 1. The highest BCUT2D eigenvalue weighted by atomic mass is 35.5. The number of phenolic OH excluding ortho intramolecular Hbond substituents is 3. The molecule has 2 rings (SSSR count). The van der Waals surface area contributed by atoms with Gasteiger partial charge in [0, 0.05) is 11.6 Å². The Balaban J connectivity index is 2.76. The fourth-order valence-corrected chi connectivity index (χ4v) is 1.93. The third-order valence-electron chi connectivity index (χ3n) is 2.48. The van der Waals surface area contributed by atoms with E-state index in [1.54, 1.807) is 6.92 Å². The van der Waals surface area contributed by atoms with Gasteiger partial charge in [0.1, 0.15) is 17.4 Å². The molecule has 0 bridgehead atoms. The Morgan fingerprint density at radius 2 is 1.94 bits per heavy atom. The van der Waals surface area contributed by atoms with E-state index in [9.17, 15) is 20.1 Å². The lowest BCUT2D eigenvalue weighted by molar-refractivity contribution is 0.0280. The minimum absolute atomic E-state index is 0.00270. The monoisotopic (exact) mass is 244 g/mol. The van der Waals surface area contributed by atoms with Crippen molar-refractivity contribution in [3.05, 3.63) is 17.2 Å². The van der Waals surface area contributed by atoms with E-state index in [2.05, 4.69) is 0 Å². The zero-order chi connectivity index (χ0) is 12.0. The summed E-state index contributed by atoms with van der Waals surface area (Å²) in [5.41, 5.74) is -0.198. The van der Waals surface area contributed by atoms with Crippen molar-refractivity contribution in [2.24, 2.45) is 0 Å². The molecule has 1 aliphatic heterocycles. The predicted octanol–water partition coefficient (Wildman–Crippen LogP) is 1.64. The van der Waals surface area contributed by atoms with E-state index in [-0.39, 0.29) is 11.1 Å². The molecule has 0 fully saturated rings. The van der Waals surface area contributed by atoms with Gasteiger partial charge in [-0.2, -0.15) is 0 Å². The Labute approximate surface area is 95.8 Å². The molecule has 1 aromatic carbocycles. The summed E-state index contributed by atoms with van der Waals surface area (Å²) >= 11 is 5.95. The van der Waals surface area contributed by atoms with E-state index in [4.69, 9.17) is 16.3 Å². The number of carbonyl (C=O) groups excluding carboxylic acids is 1. The van der Waals surface area contributed by atoms with Gasteiger partial charge < -0.3 is 20.1 Å². The second-order valence-electron chi connectivity index (χ2n) is 3.56. The van der Waals surface area contributed by atoms with Crippen LogP contribution in [0.4, 0.5) is 0 Å². The molecular formula is C10H9ClO5. The fourth-order valence-electron chi connectivity index (χ4n) is 1.67. The van der Waals surface area contributed by atoms with Gasteiger partial charge >= 0.3 is 5.97 Å². The van der Waals surface area contributed by atoms with Crippen LogP contribution in [0.3, 0.4) is 0 Å². The number of hydrogen-bond donors (Lipinski definition) is 3. The third kappa shape index (κ3) is 1.36. The van der Waals surface area contributed by atoms with Crippen molar-refractivity contribution in [2.75, 3.05) is 0 Å². The van der Waals surface area contributed by atoms with Crippen LogP contribution in [0, 0.1) is 0 Å². The van der Waals surface area contributed by atoms with E-state index < -0.39 is 34.7 Å². The second kappa shape index (κ2) is 3.45. The zero-order valence-corrected chi connectivity index (χ0v) is 9.02. The van der Waals surface area contributed by atoms with Gasteiger partial charge in [-0.3, -0.25) is 0 Å². The number of rotatable bonds is 0. The van der Waals surface area contributed by atoms with Crippen molar-refractivity contribution >= 4 is 17.6 Å². The Morgan fingerprint density at radius 3 is 2.56 bits per heavy atom. The van der Waals surface area contributed by atoms with E-state index in [0.717, 1.165) is 6.07 Å². The van der Waals surface area contributed by atoms with Crippen LogP contribution in [0.25, 0.3) is 0 Å². The average Bonchev–Trinajstić information content (AvgIpc) is 2.20. The SMILES string of the molecule is CC1OC(=O)c2c(O)cc(O)c(O)c2C1Cl. The van der Waals surface area contributed by atoms with Crippen molar-refractivity contribution in [2.45, 2.75) is 18.4 Å². The topological polar surface area (TPSA) is 87.0 Å². The van der Waals surface area contributed by atoms with Gasteiger partial charge in [0.25, 0.3) is 0 Å². The lowest BCUT2D eigenvalue weighted by Crippen LogP contribution is -2.27. The summed E-state index contributed by atoms with van der Waals surface area (Å²) in [4.78, 5) is 11.5. The minimum atomic E-state index is -0.814. The van der Waals surface area contributed by atoms with Gasteiger partial charge in [-0.15, -0.1) is 11.6 Å². The fraction of sp³-hybridized carbons (Fsp3) is 0.300. The van der Waals surface area contributed by atoms with Crippen LogP contribution >= 0.6 is 11.6 Å². The molecule has 86 valence electrons. The second-order valence-corrected chi connectivity index (χ2v) is 4.03. The standard InChI is InChI=1S/C10H9ClO5/c1-3-8(11)7-6(10(15)16-3)4(12)2-5(13)9(7)14/h2-3,8,12-14H,1H3. The van der Waals surface area contributed by atoms with Gasteiger partial charge in [0.15, 0.2) is 11.5 Å². The van der Waals surface area contributed by atoms with E-state index in [1.807, 2.05) is 0 Å². The molecule has 0 radical (unpaired) electrons. The van der Waals surface area contributed by atoms with Gasteiger partial charge in [-0.25, -0.2) is 4.79 Å². The summed E-state index contributed by atoms with van der Waals surface area (Å²) in [5.74, 6) is -2.26. The first-order valence-corrected chi connectivity index (χ1v) is 5.00. The smallest absolute Gasteiger partial charge is 0.342 e. The number of hydrogen-bond acceptors (Lipinski definition) is 5. The molecular weight excluding hydrogens is 236 g/mol. The first kappa shape index (κ1) is 10.9. The van der Waals surface area contributed by atoms with E-state index in [1.165, 1.54) is 0 Å². The summed E-state index contributed by atoms with van der Waals surface area (Å²) in [6.07, 6.45) is -0.645.